The molecule has 0 aliphatic rings. The molecule has 2 nitrogen and oxygen atoms in total. The lowest BCUT2D eigenvalue weighted by atomic mass is 10.2. The van der Waals surface area contributed by atoms with E-state index in [0.29, 0.717) is 13.1 Å². The van der Waals surface area contributed by atoms with Gasteiger partial charge in [-0.05, 0) is 43.7 Å². The Bertz CT molecular complexity index is 601. The van der Waals surface area contributed by atoms with Gasteiger partial charge >= 0.3 is 0 Å². The molecule has 0 atom stereocenters. The Kier molecular flexibility index (Phi) is 5.76. The third-order valence-electron chi connectivity index (χ3n) is 2.97. The number of rotatable bonds is 6. The van der Waals surface area contributed by atoms with Crippen LogP contribution in [0.2, 0.25) is 0 Å². The number of nitrogens with one attached hydrogen (secondary N) is 1. The molecule has 0 radical (unpaired) electrons. The smallest absolute Gasteiger partial charge is 0.124 e. The highest BCUT2D eigenvalue weighted by Crippen LogP contribution is 2.20. The van der Waals surface area contributed by atoms with Crippen molar-refractivity contribution in [2.24, 2.45) is 0 Å². The number of halogens is 2. The average Bonchev–Trinajstić information content (AvgIpc) is 2.44. The minimum atomic E-state index is -0.224. The normalized spacial score (nSPS) is 10.9. The van der Waals surface area contributed by atoms with Gasteiger partial charge in [0.25, 0.3) is 0 Å². The van der Waals surface area contributed by atoms with Crippen molar-refractivity contribution >= 4 is 15.9 Å². The van der Waals surface area contributed by atoms with E-state index in [1.54, 1.807) is 6.07 Å². The maximum Gasteiger partial charge on any atom is 0.124 e. The van der Waals surface area contributed by atoms with Gasteiger partial charge in [-0.25, -0.2) is 4.39 Å². The minimum absolute atomic E-state index is 0.142. The maximum absolute atomic E-state index is 13.2. The van der Waals surface area contributed by atoms with Crippen molar-refractivity contribution in [3.63, 3.8) is 0 Å². The quantitative estimate of drug-likeness (QED) is 0.816. The summed E-state index contributed by atoms with van der Waals surface area (Å²) in [5.74, 6) is 0.664. The Morgan fingerprint density at radius 2 is 1.81 bits per heavy atom. The molecule has 0 saturated heterocycles. The summed E-state index contributed by atoms with van der Waals surface area (Å²) in [6.45, 7) is 5.28. The molecular formula is C17H19BrFNO. The Morgan fingerprint density at radius 3 is 2.57 bits per heavy atom. The molecule has 4 heteroatoms. The van der Waals surface area contributed by atoms with Crippen LogP contribution in [0.15, 0.2) is 46.9 Å². The molecule has 0 spiro atoms. The first kappa shape index (κ1) is 16.0. The highest BCUT2D eigenvalue weighted by Gasteiger charge is 2.06. The summed E-state index contributed by atoms with van der Waals surface area (Å²) in [6, 6.07) is 12.7. The van der Waals surface area contributed by atoms with E-state index in [-0.39, 0.29) is 11.9 Å². The number of hydrogen-bond donors (Lipinski definition) is 1. The van der Waals surface area contributed by atoms with Gasteiger partial charge in [-0.3, -0.25) is 0 Å². The second-order valence-electron chi connectivity index (χ2n) is 5.11. The highest BCUT2D eigenvalue weighted by molar-refractivity contribution is 9.10. The fourth-order valence-corrected chi connectivity index (χ4v) is 2.42. The summed E-state index contributed by atoms with van der Waals surface area (Å²) >= 11 is 3.43. The molecule has 2 aromatic rings. The summed E-state index contributed by atoms with van der Waals surface area (Å²) in [7, 11) is 0. The van der Waals surface area contributed by atoms with Crippen LogP contribution in [0.4, 0.5) is 4.39 Å². The highest BCUT2D eigenvalue weighted by atomic mass is 79.9. The monoisotopic (exact) mass is 351 g/mol. The molecule has 0 amide bonds. The molecular weight excluding hydrogens is 333 g/mol. The number of hydrogen-bond acceptors (Lipinski definition) is 2. The molecule has 0 fully saturated rings. The summed E-state index contributed by atoms with van der Waals surface area (Å²) in [6.07, 6.45) is 0.142. The van der Waals surface area contributed by atoms with Crippen LogP contribution >= 0.6 is 15.9 Å². The molecule has 0 bridgehead atoms. The van der Waals surface area contributed by atoms with E-state index in [1.807, 2.05) is 38.1 Å². The summed E-state index contributed by atoms with van der Waals surface area (Å²) in [4.78, 5) is 0. The Hall–Kier alpha value is -1.39. The van der Waals surface area contributed by atoms with Crippen molar-refractivity contribution in [1.82, 2.24) is 5.32 Å². The van der Waals surface area contributed by atoms with Crippen molar-refractivity contribution in [3.8, 4) is 5.75 Å². The zero-order chi connectivity index (χ0) is 15.2. The van der Waals surface area contributed by atoms with E-state index in [0.717, 1.165) is 21.3 Å². The first-order chi connectivity index (χ1) is 10.1. The molecule has 2 aromatic carbocycles. The van der Waals surface area contributed by atoms with Gasteiger partial charge < -0.3 is 10.1 Å². The Morgan fingerprint density at radius 1 is 1.10 bits per heavy atom. The lowest BCUT2D eigenvalue weighted by Gasteiger charge is -2.15. The van der Waals surface area contributed by atoms with Crippen LogP contribution in [0.25, 0.3) is 0 Å². The number of para-hydroxylation sites is 1. The van der Waals surface area contributed by atoms with E-state index in [9.17, 15) is 4.39 Å². The molecule has 1 N–H and O–H groups in total. The van der Waals surface area contributed by atoms with Crippen molar-refractivity contribution in [1.29, 1.82) is 0 Å². The predicted molar refractivity (Wildman–Crippen MR) is 86.8 cm³/mol. The Labute approximate surface area is 133 Å². The molecule has 2 rings (SSSR count). The standard InChI is InChI=1S/C17H19BrFNO/c1-12(2)21-17-6-4-3-5-13(17)10-20-11-14-9-15(19)7-8-16(14)18/h3-9,12,20H,10-11H2,1-2H3. The van der Waals surface area contributed by atoms with E-state index < -0.39 is 0 Å². The zero-order valence-corrected chi connectivity index (χ0v) is 13.8. The molecule has 0 unspecified atom stereocenters. The lowest BCUT2D eigenvalue weighted by Crippen LogP contribution is -2.15. The third-order valence-corrected chi connectivity index (χ3v) is 3.75. The van der Waals surface area contributed by atoms with Gasteiger partial charge in [-0.2, -0.15) is 0 Å². The third kappa shape index (κ3) is 4.83. The van der Waals surface area contributed by atoms with Crippen molar-refractivity contribution in [2.75, 3.05) is 0 Å². The fourth-order valence-electron chi connectivity index (χ4n) is 2.03. The maximum atomic E-state index is 13.2. The van der Waals surface area contributed by atoms with Crippen LogP contribution < -0.4 is 10.1 Å². The zero-order valence-electron chi connectivity index (χ0n) is 12.2. The van der Waals surface area contributed by atoms with Gasteiger partial charge in [0.05, 0.1) is 6.10 Å². The van der Waals surface area contributed by atoms with Gasteiger partial charge in [0.15, 0.2) is 0 Å². The summed E-state index contributed by atoms with van der Waals surface area (Å²) in [5, 5.41) is 3.32. The average molecular weight is 352 g/mol. The fraction of sp³-hybridized carbons (Fsp3) is 0.294. The Balaban J connectivity index is 1.99. The van der Waals surface area contributed by atoms with E-state index >= 15 is 0 Å². The van der Waals surface area contributed by atoms with Crippen LogP contribution in [0.5, 0.6) is 5.75 Å². The minimum Gasteiger partial charge on any atom is -0.491 e. The van der Waals surface area contributed by atoms with Crippen molar-refractivity contribution in [3.05, 3.63) is 63.9 Å². The van der Waals surface area contributed by atoms with Gasteiger partial charge in [-0.15, -0.1) is 0 Å². The van der Waals surface area contributed by atoms with Crippen LogP contribution in [-0.4, -0.2) is 6.10 Å². The largest absolute Gasteiger partial charge is 0.491 e. The molecule has 0 aromatic heterocycles. The van der Waals surface area contributed by atoms with Gasteiger partial charge in [0.1, 0.15) is 11.6 Å². The van der Waals surface area contributed by atoms with Crippen LogP contribution in [0, 0.1) is 5.82 Å². The molecule has 0 heterocycles. The molecule has 0 saturated carbocycles. The second kappa shape index (κ2) is 7.57. The van der Waals surface area contributed by atoms with Crippen molar-refractivity contribution < 1.29 is 9.13 Å². The van der Waals surface area contributed by atoms with Gasteiger partial charge in [0.2, 0.25) is 0 Å². The summed E-state index contributed by atoms with van der Waals surface area (Å²) in [5.41, 5.74) is 2.00. The summed E-state index contributed by atoms with van der Waals surface area (Å²) < 4.78 is 19.9. The van der Waals surface area contributed by atoms with E-state index in [2.05, 4.69) is 21.2 Å². The SMILES string of the molecule is CC(C)Oc1ccccc1CNCc1cc(F)ccc1Br. The first-order valence-corrected chi connectivity index (χ1v) is 7.75. The van der Waals surface area contributed by atoms with Crippen LogP contribution in [0.1, 0.15) is 25.0 Å². The van der Waals surface area contributed by atoms with E-state index in [4.69, 9.17) is 4.74 Å². The molecule has 0 aliphatic heterocycles. The number of benzene rings is 2. The number of ether oxygens (including phenoxy) is 1. The topological polar surface area (TPSA) is 21.3 Å². The van der Waals surface area contributed by atoms with Crippen LogP contribution in [-0.2, 0) is 13.1 Å². The second-order valence-corrected chi connectivity index (χ2v) is 5.97. The van der Waals surface area contributed by atoms with E-state index in [1.165, 1.54) is 12.1 Å². The van der Waals surface area contributed by atoms with Crippen LogP contribution in [0.3, 0.4) is 0 Å². The molecule has 0 aliphatic carbocycles. The lowest BCUT2D eigenvalue weighted by molar-refractivity contribution is 0.239. The first-order valence-electron chi connectivity index (χ1n) is 6.95. The molecule has 21 heavy (non-hydrogen) atoms. The molecule has 112 valence electrons. The predicted octanol–water partition coefficient (Wildman–Crippen LogP) is 4.67. The van der Waals surface area contributed by atoms with Gasteiger partial charge in [-0.1, -0.05) is 34.1 Å². The van der Waals surface area contributed by atoms with Gasteiger partial charge in [0, 0.05) is 23.1 Å². The van der Waals surface area contributed by atoms with Crippen molar-refractivity contribution in [2.45, 2.75) is 33.0 Å².